The quantitative estimate of drug-likeness (QED) is 0.840. The minimum absolute atomic E-state index is 0.0824. The molecule has 0 fully saturated rings. The van der Waals surface area contributed by atoms with Crippen LogP contribution in [-0.2, 0) is 16.3 Å². The van der Waals surface area contributed by atoms with Gasteiger partial charge in [0, 0.05) is 6.04 Å². The number of halogens is 2. The highest BCUT2D eigenvalue weighted by atomic mass is 32.2. The van der Waals surface area contributed by atoms with Crippen LogP contribution in [0.2, 0.25) is 0 Å². The first kappa shape index (κ1) is 16.0. The molecule has 3 nitrogen and oxygen atoms in total. The monoisotopic (exact) mass is 291 g/mol. The second-order valence-corrected chi connectivity index (χ2v) is 6.17. The number of rotatable bonds is 7. The summed E-state index contributed by atoms with van der Waals surface area (Å²) in [6, 6.07) is 6.05. The Morgan fingerprint density at radius 1 is 1.21 bits per heavy atom. The summed E-state index contributed by atoms with van der Waals surface area (Å²) in [5.41, 5.74) is 0.440. The number of likely N-dealkylation sites (N-methyl/N-ethyl adjacent to an activating group) is 1. The fourth-order valence-corrected chi connectivity index (χ4v) is 2.94. The second-order valence-electron chi connectivity index (χ2n) is 4.28. The summed E-state index contributed by atoms with van der Waals surface area (Å²) < 4.78 is 48.5. The van der Waals surface area contributed by atoms with Crippen molar-refractivity contribution in [2.24, 2.45) is 0 Å². The summed E-state index contributed by atoms with van der Waals surface area (Å²) >= 11 is 0. The zero-order valence-corrected chi connectivity index (χ0v) is 11.9. The summed E-state index contributed by atoms with van der Waals surface area (Å²) in [4.78, 5) is -0.263. The molecular formula is C13H19F2NO2S. The van der Waals surface area contributed by atoms with Crippen LogP contribution in [0.5, 0.6) is 0 Å². The maximum atomic E-state index is 12.6. The molecule has 1 N–H and O–H groups in total. The van der Waals surface area contributed by atoms with E-state index in [4.69, 9.17) is 0 Å². The average molecular weight is 291 g/mol. The molecule has 0 spiro atoms. The molecule has 1 rings (SSSR count). The van der Waals surface area contributed by atoms with E-state index in [1.165, 1.54) is 12.1 Å². The van der Waals surface area contributed by atoms with Crippen LogP contribution in [0.25, 0.3) is 0 Å². The number of alkyl halides is 2. The summed E-state index contributed by atoms with van der Waals surface area (Å²) in [7, 11) is -4.54. The van der Waals surface area contributed by atoms with E-state index in [1.54, 1.807) is 12.1 Å². The van der Waals surface area contributed by atoms with Crippen molar-refractivity contribution in [1.82, 2.24) is 5.32 Å². The number of sulfone groups is 1. The highest BCUT2D eigenvalue weighted by Crippen LogP contribution is 2.23. The van der Waals surface area contributed by atoms with E-state index in [1.807, 2.05) is 13.8 Å². The van der Waals surface area contributed by atoms with Crippen LogP contribution in [0.1, 0.15) is 25.8 Å². The van der Waals surface area contributed by atoms with Gasteiger partial charge in [-0.1, -0.05) is 32.0 Å². The first-order chi connectivity index (χ1) is 8.93. The van der Waals surface area contributed by atoms with Gasteiger partial charge in [-0.2, -0.15) is 8.78 Å². The van der Waals surface area contributed by atoms with Crippen molar-refractivity contribution in [2.75, 3.05) is 6.54 Å². The normalized spacial score (nSPS) is 13.7. The molecule has 6 heteroatoms. The number of nitrogens with one attached hydrogen (secondary N) is 1. The second kappa shape index (κ2) is 6.96. The minimum Gasteiger partial charge on any atom is -0.314 e. The van der Waals surface area contributed by atoms with E-state index in [-0.39, 0.29) is 10.9 Å². The molecule has 0 radical (unpaired) electrons. The third kappa shape index (κ3) is 3.98. The predicted octanol–water partition coefficient (Wildman–Crippen LogP) is 2.61. The molecule has 0 bridgehead atoms. The maximum absolute atomic E-state index is 12.6. The lowest BCUT2D eigenvalue weighted by molar-refractivity contribution is 0.234. The Labute approximate surface area is 112 Å². The lowest BCUT2D eigenvalue weighted by Crippen LogP contribution is -2.30. The van der Waals surface area contributed by atoms with Gasteiger partial charge in [0.25, 0.3) is 0 Å². The first-order valence-electron chi connectivity index (χ1n) is 6.26. The molecule has 1 atom stereocenters. The zero-order valence-electron chi connectivity index (χ0n) is 11.1. The van der Waals surface area contributed by atoms with Gasteiger partial charge in [0.15, 0.2) is 0 Å². The fraction of sp³-hybridized carbons (Fsp3) is 0.538. The predicted molar refractivity (Wildman–Crippen MR) is 71.1 cm³/mol. The molecule has 19 heavy (non-hydrogen) atoms. The average Bonchev–Trinajstić information content (AvgIpc) is 2.38. The van der Waals surface area contributed by atoms with E-state index < -0.39 is 15.6 Å². The van der Waals surface area contributed by atoms with Crippen LogP contribution in [-0.4, -0.2) is 26.8 Å². The summed E-state index contributed by atoms with van der Waals surface area (Å²) in [6.07, 6.45) is 1.23. The van der Waals surface area contributed by atoms with Crippen molar-refractivity contribution in [1.29, 1.82) is 0 Å². The Balaban J connectivity index is 3.09. The third-order valence-electron chi connectivity index (χ3n) is 2.97. The van der Waals surface area contributed by atoms with Crippen molar-refractivity contribution in [2.45, 2.75) is 43.4 Å². The Morgan fingerprint density at radius 3 is 2.37 bits per heavy atom. The van der Waals surface area contributed by atoms with Gasteiger partial charge in [0.1, 0.15) is 0 Å². The highest BCUT2D eigenvalue weighted by Gasteiger charge is 2.29. The topological polar surface area (TPSA) is 46.2 Å². The van der Waals surface area contributed by atoms with Crippen molar-refractivity contribution < 1.29 is 17.2 Å². The Hall–Kier alpha value is -1.01. The van der Waals surface area contributed by atoms with Crippen LogP contribution in [0.3, 0.4) is 0 Å². The standard InChI is InChI=1S/C13H19F2NO2S/c1-3-11(16-4-2)9-10-7-5-6-8-12(10)19(17,18)13(14)15/h5-8,11,13,16H,3-4,9H2,1-2H3. The molecule has 0 heterocycles. The molecule has 0 aliphatic carbocycles. The Morgan fingerprint density at radius 2 is 1.84 bits per heavy atom. The minimum atomic E-state index is -4.54. The van der Waals surface area contributed by atoms with Gasteiger partial charge >= 0.3 is 5.76 Å². The van der Waals surface area contributed by atoms with Gasteiger partial charge in [-0.3, -0.25) is 0 Å². The van der Waals surface area contributed by atoms with Crippen LogP contribution < -0.4 is 5.32 Å². The first-order valence-corrected chi connectivity index (χ1v) is 7.81. The Kier molecular flexibility index (Phi) is 5.87. The van der Waals surface area contributed by atoms with Crippen LogP contribution in [0.4, 0.5) is 8.78 Å². The number of benzene rings is 1. The lowest BCUT2D eigenvalue weighted by Gasteiger charge is -2.18. The third-order valence-corrected chi connectivity index (χ3v) is 4.45. The number of hydrogen-bond donors (Lipinski definition) is 1. The molecule has 1 aromatic rings. The summed E-state index contributed by atoms with van der Waals surface area (Å²) in [5, 5.41) is 3.21. The van der Waals surface area contributed by atoms with Crippen molar-refractivity contribution >= 4 is 9.84 Å². The van der Waals surface area contributed by atoms with Crippen LogP contribution in [0.15, 0.2) is 29.2 Å². The van der Waals surface area contributed by atoms with Crippen molar-refractivity contribution in [3.05, 3.63) is 29.8 Å². The fourth-order valence-electron chi connectivity index (χ4n) is 1.96. The lowest BCUT2D eigenvalue weighted by atomic mass is 10.0. The van der Waals surface area contributed by atoms with Gasteiger partial charge in [-0.25, -0.2) is 8.42 Å². The Bertz CT molecular complexity index is 503. The van der Waals surface area contributed by atoms with E-state index in [2.05, 4.69) is 5.32 Å². The SMILES string of the molecule is CCNC(CC)Cc1ccccc1S(=O)(=O)C(F)F. The van der Waals surface area contributed by atoms with Gasteiger partial charge in [-0.05, 0) is 31.0 Å². The largest absolute Gasteiger partial charge is 0.341 e. The molecule has 0 aliphatic heterocycles. The maximum Gasteiger partial charge on any atom is 0.341 e. The van der Waals surface area contributed by atoms with Crippen molar-refractivity contribution in [3.63, 3.8) is 0 Å². The van der Waals surface area contributed by atoms with Gasteiger partial charge < -0.3 is 5.32 Å². The molecule has 0 aromatic heterocycles. The molecule has 108 valence electrons. The molecule has 0 saturated carbocycles. The van der Waals surface area contributed by atoms with E-state index in [9.17, 15) is 17.2 Å². The smallest absolute Gasteiger partial charge is 0.314 e. The zero-order chi connectivity index (χ0) is 14.5. The van der Waals surface area contributed by atoms with Crippen molar-refractivity contribution in [3.8, 4) is 0 Å². The van der Waals surface area contributed by atoms with E-state index >= 15 is 0 Å². The molecular weight excluding hydrogens is 272 g/mol. The van der Waals surface area contributed by atoms with E-state index in [0.29, 0.717) is 12.0 Å². The van der Waals surface area contributed by atoms with Gasteiger partial charge in [-0.15, -0.1) is 0 Å². The molecule has 1 aromatic carbocycles. The number of hydrogen-bond acceptors (Lipinski definition) is 3. The summed E-state index contributed by atoms with van der Waals surface area (Å²) in [5.74, 6) is -3.38. The van der Waals surface area contributed by atoms with Crippen LogP contribution in [0, 0.1) is 0 Å². The van der Waals surface area contributed by atoms with Gasteiger partial charge in [0.2, 0.25) is 9.84 Å². The molecule has 0 aliphatic rings. The summed E-state index contributed by atoms with van der Waals surface area (Å²) in [6.45, 7) is 4.67. The molecule has 1 unspecified atom stereocenters. The highest BCUT2D eigenvalue weighted by molar-refractivity contribution is 7.91. The molecule has 0 amide bonds. The van der Waals surface area contributed by atoms with Crippen LogP contribution >= 0.6 is 0 Å². The van der Waals surface area contributed by atoms with Gasteiger partial charge in [0.05, 0.1) is 4.90 Å². The van der Waals surface area contributed by atoms with E-state index in [0.717, 1.165) is 13.0 Å². The molecule has 0 saturated heterocycles.